The van der Waals surface area contributed by atoms with Gasteiger partial charge in [0.05, 0.1) is 12.5 Å². The summed E-state index contributed by atoms with van der Waals surface area (Å²) in [6.07, 6.45) is 1.76. The van der Waals surface area contributed by atoms with E-state index in [1.807, 2.05) is 17.3 Å². The van der Waals surface area contributed by atoms with E-state index in [0.717, 1.165) is 11.6 Å². The van der Waals surface area contributed by atoms with Crippen LogP contribution in [-0.2, 0) is 11.3 Å². The number of carboxylic acid groups (broad SMARTS) is 1. The summed E-state index contributed by atoms with van der Waals surface area (Å²) in [6, 6.07) is 0. The van der Waals surface area contributed by atoms with Crippen LogP contribution in [-0.4, -0.2) is 34.6 Å². The lowest BCUT2D eigenvalue weighted by molar-refractivity contribution is -0.141. The van der Waals surface area contributed by atoms with Crippen molar-refractivity contribution in [3.8, 4) is 0 Å². The van der Waals surface area contributed by atoms with Crippen molar-refractivity contribution in [3.63, 3.8) is 0 Å². The molecule has 5 heteroatoms. The zero-order valence-corrected chi connectivity index (χ0v) is 9.12. The van der Waals surface area contributed by atoms with Gasteiger partial charge in [0.2, 0.25) is 0 Å². The minimum Gasteiger partial charge on any atom is -0.481 e. The first kappa shape index (κ1) is 11.1. The summed E-state index contributed by atoms with van der Waals surface area (Å²) in [5.74, 6) is -1.09. The van der Waals surface area contributed by atoms with Crippen molar-refractivity contribution in [2.75, 3.05) is 13.6 Å². The van der Waals surface area contributed by atoms with E-state index < -0.39 is 5.97 Å². The maximum Gasteiger partial charge on any atom is 0.307 e. The van der Waals surface area contributed by atoms with E-state index >= 15 is 0 Å². The molecule has 0 aromatic carbocycles. The first-order valence-corrected chi connectivity index (χ1v) is 5.27. The number of thiazole rings is 1. The molecule has 14 heavy (non-hydrogen) atoms. The Labute approximate surface area is 87.2 Å². The summed E-state index contributed by atoms with van der Waals surface area (Å²) >= 11 is 1.59. The van der Waals surface area contributed by atoms with Crippen molar-refractivity contribution in [1.82, 2.24) is 9.88 Å². The highest BCUT2D eigenvalue weighted by Gasteiger charge is 2.13. The Morgan fingerprint density at radius 1 is 1.79 bits per heavy atom. The Morgan fingerprint density at radius 3 is 3.00 bits per heavy atom. The maximum absolute atomic E-state index is 10.6. The number of nitrogens with zero attached hydrogens (tertiary/aromatic N) is 2. The van der Waals surface area contributed by atoms with E-state index in [4.69, 9.17) is 5.11 Å². The summed E-state index contributed by atoms with van der Waals surface area (Å²) in [4.78, 5) is 16.7. The highest BCUT2D eigenvalue weighted by Crippen LogP contribution is 2.08. The third-order valence-corrected chi connectivity index (χ3v) is 2.66. The lowest BCUT2D eigenvalue weighted by Gasteiger charge is -2.17. The van der Waals surface area contributed by atoms with E-state index in [9.17, 15) is 4.79 Å². The van der Waals surface area contributed by atoms with Crippen molar-refractivity contribution >= 4 is 17.3 Å². The van der Waals surface area contributed by atoms with E-state index in [1.165, 1.54) is 0 Å². The zero-order valence-electron chi connectivity index (χ0n) is 8.30. The van der Waals surface area contributed by atoms with Gasteiger partial charge in [-0.15, -0.1) is 11.3 Å². The quantitative estimate of drug-likeness (QED) is 0.802. The van der Waals surface area contributed by atoms with Crippen LogP contribution in [0.1, 0.15) is 11.9 Å². The van der Waals surface area contributed by atoms with Gasteiger partial charge in [-0.2, -0.15) is 0 Å². The molecule has 0 fully saturated rings. The number of rotatable bonds is 5. The highest BCUT2D eigenvalue weighted by atomic mass is 32.1. The minimum atomic E-state index is -0.754. The van der Waals surface area contributed by atoms with Crippen LogP contribution in [0.3, 0.4) is 0 Å². The molecule has 0 radical (unpaired) electrons. The van der Waals surface area contributed by atoms with Gasteiger partial charge in [-0.25, -0.2) is 4.98 Å². The molecule has 0 spiro atoms. The molecule has 1 heterocycles. The Hall–Kier alpha value is -0.940. The molecule has 4 nitrogen and oxygen atoms in total. The third-order valence-electron chi connectivity index (χ3n) is 1.90. The molecular formula is C9H14N2O2S. The molecule has 0 bridgehead atoms. The van der Waals surface area contributed by atoms with E-state index in [2.05, 4.69) is 4.98 Å². The van der Waals surface area contributed by atoms with Crippen LogP contribution in [0.25, 0.3) is 0 Å². The molecule has 0 amide bonds. The Balaban J connectivity index is 2.36. The van der Waals surface area contributed by atoms with Crippen LogP contribution in [0.2, 0.25) is 0 Å². The Morgan fingerprint density at radius 2 is 2.50 bits per heavy atom. The second-order valence-electron chi connectivity index (χ2n) is 3.36. The largest absolute Gasteiger partial charge is 0.481 e. The molecule has 1 aromatic rings. The summed E-state index contributed by atoms with van der Waals surface area (Å²) in [6.45, 7) is 2.98. The van der Waals surface area contributed by atoms with Crippen molar-refractivity contribution in [2.45, 2.75) is 13.5 Å². The van der Waals surface area contributed by atoms with Gasteiger partial charge in [0.15, 0.2) is 0 Å². The van der Waals surface area contributed by atoms with Gasteiger partial charge < -0.3 is 5.11 Å². The molecule has 1 rings (SSSR count). The number of carbonyl (C=O) groups is 1. The van der Waals surface area contributed by atoms with E-state index in [-0.39, 0.29) is 5.92 Å². The Bertz CT molecular complexity index is 287. The van der Waals surface area contributed by atoms with Gasteiger partial charge in [0.1, 0.15) is 5.01 Å². The maximum atomic E-state index is 10.6. The average molecular weight is 214 g/mol. The van der Waals surface area contributed by atoms with Crippen molar-refractivity contribution in [3.05, 3.63) is 16.6 Å². The molecule has 0 saturated heterocycles. The van der Waals surface area contributed by atoms with Crippen LogP contribution in [0, 0.1) is 5.92 Å². The molecule has 0 aliphatic carbocycles. The van der Waals surface area contributed by atoms with E-state index in [0.29, 0.717) is 6.54 Å². The van der Waals surface area contributed by atoms with Gasteiger partial charge in [-0.1, -0.05) is 6.92 Å². The first-order valence-electron chi connectivity index (χ1n) is 4.39. The predicted octanol–water partition coefficient (Wildman–Crippen LogP) is 1.30. The molecule has 0 aliphatic rings. The van der Waals surface area contributed by atoms with Crippen LogP contribution < -0.4 is 0 Å². The van der Waals surface area contributed by atoms with Gasteiger partial charge in [0, 0.05) is 18.1 Å². The number of carboxylic acids is 1. The van der Waals surface area contributed by atoms with Crippen LogP contribution >= 0.6 is 11.3 Å². The molecular weight excluding hydrogens is 200 g/mol. The topological polar surface area (TPSA) is 53.4 Å². The number of hydrogen-bond acceptors (Lipinski definition) is 4. The molecule has 78 valence electrons. The van der Waals surface area contributed by atoms with E-state index in [1.54, 1.807) is 24.5 Å². The predicted molar refractivity (Wildman–Crippen MR) is 55.2 cm³/mol. The molecule has 1 unspecified atom stereocenters. The van der Waals surface area contributed by atoms with Gasteiger partial charge in [-0.3, -0.25) is 9.69 Å². The van der Waals surface area contributed by atoms with Crippen molar-refractivity contribution < 1.29 is 9.90 Å². The first-order chi connectivity index (χ1) is 6.59. The number of aromatic nitrogens is 1. The monoisotopic (exact) mass is 214 g/mol. The summed E-state index contributed by atoms with van der Waals surface area (Å²) in [5.41, 5.74) is 0. The average Bonchev–Trinajstić information content (AvgIpc) is 2.56. The van der Waals surface area contributed by atoms with Crippen LogP contribution in [0.5, 0.6) is 0 Å². The Kier molecular flexibility index (Phi) is 4.03. The van der Waals surface area contributed by atoms with Crippen molar-refractivity contribution in [2.24, 2.45) is 5.92 Å². The van der Waals surface area contributed by atoms with Gasteiger partial charge in [0.25, 0.3) is 0 Å². The standard InChI is InChI=1S/C9H14N2O2S/c1-7(9(12)13)5-11(2)6-8-10-3-4-14-8/h3-4,7H,5-6H2,1-2H3,(H,12,13). The second kappa shape index (κ2) is 5.07. The van der Waals surface area contributed by atoms with Gasteiger partial charge >= 0.3 is 5.97 Å². The SMILES string of the molecule is CC(CN(C)Cc1nccs1)C(=O)O. The lowest BCUT2D eigenvalue weighted by Crippen LogP contribution is -2.28. The fraction of sp³-hybridized carbons (Fsp3) is 0.556. The second-order valence-corrected chi connectivity index (χ2v) is 4.34. The van der Waals surface area contributed by atoms with Gasteiger partial charge in [-0.05, 0) is 7.05 Å². The fourth-order valence-electron chi connectivity index (χ4n) is 1.17. The molecule has 1 atom stereocenters. The normalized spacial score (nSPS) is 13.1. The van der Waals surface area contributed by atoms with Crippen LogP contribution in [0.15, 0.2) is 11.6 Å². The third kappa shape index (κ3) is 3.43. The zero-order chi connectivity index (χ0) is 10.6. The number of hydrogen-bond donors (Lipinski definition) is 1. The molecule has 1 aromatic heterocycles. The summed E-state index contributed by atoms with van der Waals surface area (Å²) in [7, 11) is 1.90. The molecule has 0 aliphatic heterocycles. The fourth-order valence-corrected chi connectivity index (χ4v) is 1.87. The van der Waals surface area contributed by atoms with Crippen molar-refractivity contribution in [1.29, 1.82) is 0 Å². The molecule has 0 saturated carbocycles. The van der Waals surface area contributed by atoms with Crippen LogP contribution in [0.4, 0.5) is 0 Å². The smallest absolute Gasteiger partial charge is 0.307 e. The molecule has 1 N–H and O–H groups in total. The summed E-state index contributed by atoms with van der Waals surface area (Å²) in [5, 5.41) is 11.7. The summed E-state index contributed by atoms with van der Waals surface area (Å²) < 4.78 is 0. The highest BCUT2D eigenvalue weighted by molar-refractivity contribution is 7.09. The minimum absolute atomic E-state index is 0.333. The lowest BCUT2D eigenvalue weighted by atomic mass is 10.2. The number of aliphatic carboxylic acids is 1.